The molecule has 1 N–H and O–H groups in total. The monoisotopic (exact) mass is 440 g/mol. The molecule has 0 radical (unpaired) electrons. The van der Waals surface area contributed by atoms with E-state index in [1.807, 2.05) is 23.9 Å². The van der Waals surface area contributed by atoms with E-state index >= 15 is 0 Å². The molecule has 0 fully saturated rings. The Hall–Kier alpha value is 0.480. The van der Waals surface area contributed by atoms with E-state index < -0.39 is 0 Å². The summed E-state index contributed by atoms with van der Waals surface area (Å²) in [6.07, 6.45) is 1.15. The number of thioether (sulfide) groups is 1. The lowest BCUT2D eigenvalue weighted by Gasteiger charge is -2.11. The van der Waals surface area contributed by atoms with E-state index in [0.717, 1.165) is 37.2 Å². The molecule has 1 aromatic carbocycles. The molecule has 1 atom stereocenters. The molecule has 1 heterocycles. The summed E-state index contributed by atoms with van der Waals surface area (Å²) >= 11 is 12.4. The van der Waals surface area contributed by atoms with Crippen molar-refractivity contribution in [2.75, 3.05) is 11.9 Å². The number of hydrogen-bond acceptors (Lipinski definition) is 3. The number of benzene rings is 1. The van der Waals surface area contributed by atoms with E-state index in [1.54, 1.807) is 0 Å². The number of aliphatic imine (C=N–C) groups is 1. The predicted octanol–water partition coefficient (Wildman–Crippen LogP) is 5.27. The van der Waals surface area contributed by atoms with E-state index in [9.17, 15) is 0 Å². The maximum absolute atomic E-state index is 4.50. The summed E-state index contributed by atoms with van der Waals surface area (Å²) in [5.74, 6) is 0. The molecule has 1 aliphatic heterocycles. The minimum Gasteiger partial charge on any atom is -0.333 e. The number of rotatable bonds is 2. The van der Waals surface area contributed by atoms with Gasteiger partial charge in [0.05, 0.1) is 12.2 Å². The molecule has 0 saturated carbocycles. The Morgan fingerprint density at radius 2 is 2.00 bits per heavy atom. The number of nitrogens with one attached hydrogen (secondary N) is 1. The van der Waals surface area contributed by atoms with E-state index in [1.165, 1.54) is 0 Å². The van der Waals surface area contributed by atoms with Crippen LogP contribution in [0.3, 0.4) is 0 Å². The number of amidine groups is 1. The summed E-state index contributed by atoms with van der Waals surface area (Å²) in [4.78, 5) is 4.50. The zero-order chi connectivity index (χ0) is 12.4. The summed E-state index contributed by atoms with van der Waals surface area (Å²) in [5.41, 5.74) is 1.02. The van der Waals surface area contributed by atoms with Gasteiger partial charge in [0.25, 0.3) is 0 Å². The van der Waals surface area contributed by atoms with Gasteiger partial charge in [-0.3, -0.25) is 4.99 Å². The van der Waals surface area contributed by atoms with Crippen LogP contribution in [0.15, 0.2) is 30.5 Å². The standard InChI is InChI=1S/C11H11Br3N2S/c1-2-7-5-15-11(17-7)16-10-8(13)3-6(12)4-9(10)14/h3-4,7H,2,5H2,1H3,(H,15,16). The molecule has 0 saturated heterocycles. The topological polar surface area (TPSA) is 24.4 Å². The second kappa shape index (κ2) is 6.08. The Morgan fingerprint density at radius 1 is 1.35 bits per heavy atom. The molecular formula is C11H11Br3N2S. The molecule has 6 heteroatoms. The highest BCUT2D eigenvalue weighted by atomic mass is 79.9. The van der Waals surface area contributed by atoms with Crippen LogP contribution in [-0.4, -0.2) is 17.0 Å². The van der Waals surface area contributed by atoms with Crippen molar-refractivity contribution in [3.05, 3.63) is 25.6 Å². The highest BCUT2D eigenvalue weighted by Crippen LogP contribution is 2.36. The highest BCUT2D eigenvalue weighted by molar-refractivity contribution is 9.11. The average Bonchev–Trinajstić information content (AvgIpc) is 2.71. The van der Waals surface area contributed by atoms with Crippen molar-refractivity contribution < 1.29 is 0 Å². The normalized spacial score (nSPS) is 19.3. The van der Waals surface area contributed by atoms with Crippen LogP contribution in [-0.2, 0) is 0 Å². The smallest absolute Gasteiger partial charge is 0.161 e. The quantitative estimate of drug-likeness (QED) is 0.674. The van der Waals surface area contributed by atoms with Crippen LogP contribution < -0.4 is 5.32 Å². The highest BCUT2D eigenvalue weighted by Gasteiger charge is 2.19. The fourth-order valence-corrected chi connectivity index (χ4v) is 4.87. The lowest BCUT2D eigenvalue weighted by Crippen LogP contribution is -2.08. The van der Waals surface area contributed by atoms with Gasteiger partial charge in [0.2, 0.25) is 0 Å². The Morgan fingerprint density at radius 3 is 2.53 bits per heavy atom. The van der Waals surface area contributed by atoms with Crippen LogP contribution in [0.25, 0.3) is 0 Å². The first-order valence-electron chi connectivity index (χ1n) is 5.22. The minimum atomic E-state index is 0.616. The zero-order valence-corrected chi connectivity index (χ0v) is 14.7. The summed E-state index contributed by atoms with van der Waals surface area (Å²) < 4.78 is 3.07. The van der Waals surface area contributed by atoms with Gasteiger partial charge in [-0.05, 0) is 50.4 Å². The van der Waals surface area contributed by atoms with E-state index in [0.29, 0.717) is 5.25 Å². The predicted molar refractivity (Wildman–Crippen MR) is 87.1 cm³/mol. The first-order valence-corrected chi connectivity index (χ1v) is 8.48. The zero-order valence-electron chi connectivity index (χ0n) is 9.14. The first kappa shape index (κ1) is 13.9. The molecule has 0 aromatic heterocycles. The molecule has 92 valence electrons. The molecule has 1 unspecified atom stereocenters. The second-order valence-corrected chi connectivity index (χ2v) is 7.58. The van der Waals surface area contributed by atoms with Crippen molar-refractivity contribution in [2.45, 2.75) is 18.6 Å². The molecule has 2 rings (SSSR count). The Bertz CT molecular complexity index is 439. The Kier molecular flexibility index (Phi) is 4.97. The Labute approximate surface area is 130 Å². The molecule has 1 aromatic rings. The number of nitrogens with zero attached hydrogens (tertiary/aromatic N) is 1. The fraction of sp³-hybridized carbons (Fsp3) is 0.364. The largest absolute Gasteiger partial charge is 0.333 e. The number of hydrogen-bond donors (Lipinski definition) is 1. The van der Waals surface area contributed by atoms with Gasteiger partial charge in [-0.1, -0.05) is 34.6 Å². The summed E-state index contributed by atoms with van der Waals surface area (Å²) in [6.45, 7) is 3.11. The lowest BCUT2D eigenvalue weighted by molar-refractivity contribution is 0.843. The third-order valence-electron chi connectivity index (χ3n) is 2.41. The van der Waals surface area contributed by atoms with Crippen LogP contribution in [0.1, 0.15) is 13.3 Å². The van der Waals surface area contributed by atoms with Gasteiger partial charge in [-0.15, -0.1) is 0 Å². The molecule has 0 aliphatic carbocycles. The van der Waals surface area contributed by atoms with E-state index in [-0.39, 0.29) is 0 Å². The molecule has 0 spiro atoms. The average molecular weight is 443 g/mol. The second-order valence-electron chi connectivity index (χ2n) is 3.66. The van der Waals surface area contributed by atoms with Crippen LogP contribution >= 0.6 is 59.6 Å². The first-order chi connectivity index (χ1) is 8.10. The van der Waals surface area contributed by atoms with Crippen molar-refractivity contribution in [2.24, 2.45) is 4.99 Å². The summed E-state index contributed by atoms with van der Waals surface area (Å²) in [6, 6.07) is 4.04. The van der Waals surface area contributed by atoms with Gasteiger partial charge in [0, 0.05) is 18.7 Å². The fourth-order valence-electron chi connectivity index (χ4n) is 1.47. The van der Waals surface area contributed by atoms with Crippen LogP contribution in [0, 0.1) is 0 Å². The van der Waals surface area contributed by atoms with E-state index in [2.05, 4.69) is 65.0 Å². The summed E-state index contributed by atoms with van der Waals surface area (Å²) in [7, 11) is 0. The molecule has 2 nitrogen and oxygen atoms in total. The number of halogens is 3. The van der Waals surface area contributed by atoms with Gasteiger partial charge in [-0.2, -0.15) is 0 Å². The van der Waals surface area contributed by atoms with Crippen molar-refractivity contribution in [1.82, 2.24) is 0 Å². The third-order valence-corrected chi connectivity index (χ3v) is 5.39. The molecular weight excluding hydrogens is 432 g/mol. The van der Waals surface area contributed by atoms with Crippen LogP contribution in [0.4, 0.5) is 5.69 Å². The van der Waals surface area contributed by atoms with Gasteiger partial charge in [-0.25, -0.2) is 0 Å². The molecule has 0 amide bonds. The van der Waals surface area contributed by atoms with Gasteiger partial charge >= 0.3 is 0 Å². The van der Waals surface area contributed by atoms with E-state index in [4.69, 9.17) is 0 Å². The van der Waals surface area contributed by atoms with Crippen LogP contribution in [0.5, 0.6) is 0 Å². The van der Waals surface area contributed by atoms with Gasteiger partial charge in [0.1, 0.15) is 0 Å². The SMILES string of the molecule is CCC1CN=C(Nc2c(Br)cc(Br)cc2Br)S1. The molecule has 0 bridgehead atoms. The minimum absolute atomic E-state index is 0.616. The molecule has 17 heavy (non-hydrogen) atoms. The maximum Gasteiger partial charge on any atom is 0.161 e. The van der Waals surface area contributed by atoms with Crippen molar-refractivity contribution in [3.63, 3.8) is 0 Å². The lowest BCUT2D eigenvalue weighted by atomic mass is 10.3. The number of anilines is 1. The maximum atomic E-state index is 4.50. The van der Waals surface area contributed by atoms with Crippen molar-refractivity contribution in [1.29, 1.82) is 0 Å². The third kappa shape index (κ3) is 3.49. The Balaban J connectivity index is 2.15. The molecule has 1 aliphatic rings. The summed E-state index contributed by atoms with van der Waals surface area (Å²) in [5, 5.41) is 4.98. The van der Waals surface area contributed by atoms with Gasteiger partial charge < -0.3 is 5.32 Å². The van der Waals surface area contributed by atoms with Crippen LogP contribution in [0.2, 0.25) is 0 Å². The van der Waals surface area contributed by atoms with Gasteiger partial charge in [0.15, 0.2) is 5.17 Å². The van der Waals surface area contributed by atoms with Crippen molar-refractivity contribution in [3.8, 4) is 0 Å². The van der Waals surface area contributed by atoms with Crippen molar-refractivity contribution >= 4 is 70.4 Å².